The van der Waals surface area contributed by atoms with Crippen LogP contribution in [0.25, 0.3) is 10.9 Å². The second-order valence-electron chi connectivity index (χ2n) is 6.25. The Kier molecular flexibility index (Phi) is 3.40. The van der Waals surface area contributed by atoms with Gasteiger partial charge in [0.15, 0.2) is 0 Å². The van der Waals surface area contributed by atoms with Crippen LogP contribution < -0.4 is 0 Å². The van der Waals surface area contributed by atoms with Gasteiger partial charge in [-0.1, -0.05) is 11.6 Å². The minimum atomic E-state index is 0.944. The van der Waals surface area contributed by atoms with E-state index in [1.54, 1.807) is 12.4 Å². The number of rotatable bonds is 0. The van der Waals surface area contributed by atoms with Crippen molar-refractivity contribution < 1.29 is 0 Å². The lowest BCUT2D eigenvalue weighted by Gasteiger charge is -2.23. The summed E-state index contributed by atoms with van der Waals surface area (Å²) in [6.45, 7) is 4.21. The summed E-state index contributed by atoms with van der Waals surface area (Å²) in [5.74, 6) is 3.25. The van der Waals surface area contributed by atoms with Gasteiger partial charge in [0.1, 0.15) is 0 Å². The third-order valence-electron chi connectivity index (χ3n) is 4.47. The maximum absolute atomic E-state index is 4.14. The molecule has 3 aromatic rings. The molecular weight excluding hydrogens is 282 g/mol. The maximum atomic E-state index is 4.14. The fourth-order valence-electron chi connectivity index (χ4n) is 3.29. The molecule has 0 unspecified atom stereocenters. The first-order chi connectivity index (χ1) is 11.2. The molecule has 3 heteroatoms. The van der Waals surface area contributed by atoms with E-state index in [1.807, 2.05) is 12.1 Å². The summed E-state index contributed by atoms with van der Waals surface area (Å²) in [5, 5.41) is 1.36. The lowest BCUT2D eigenvalue weighted by molar-refractivity contribution is 0.308. The Morgan fingerprint density at radius 1 is 1.22 bits per heavy atom. The molecule has 1 aromatic carbocycles. The van der Waals surface area contributed by atoms with Crippen molar-refractivity contribution in [2.45, 2.75) is 19.9 Å². The van der Waals surface area contributed by atoms with Crippen LogP contribution in [0.3, 0.4) is 0 Å². The van der Waals surface area contributed by atoms with E-state index >= 15 is 0 Å². The zero-order valence-corrected chi connectivity index (χ0v) is 13.5. The summed E-state index contributed by atoms with van der Waals surface area (Å²) in [7, 11) is 2.17. The van der Waals surface area contributed by atoms with Crippen LogP contribution in [-0.4, -0.2) is 28.0 Å². The fourth-order valence-corrected chi connectivity index (χ4v) is 3.29. The van der Waals surface area contributed by atoms with Gasteiger partial charge in [0.2, 0.25) is 0 Å². The molecule has 114 valence electrons. The number of pyridine rings is 1. The Bertz CT molecular complexity index is 926. The van der Waals surface area contributed by atoms with Gasteiger partial charge in [0, 0.05) is 48.2 Å². The predicted molar refractivity (Wildman–Crippen MR) is 93.2 cm³/mol. The molecule has 0 spiro atoms. The highest BCUT2D eigenvalue weighted by Gasteiger charge is 2.21. The Morgan fingerprint density at radius 2 is 2.13 bits per heavy atom. The van der Waals surface area contributed by atoms with E-state index in [2.05, 4.69) is 58.6 Å². The Morgan fingerprint density at radius 3 is 2.96 bits per heavy atom. The molecule has 1 aliphatic rings. The standard InChI is InChI=1S/C20H19N3/c1-15-5-6-19-18(12-15)17-8-10-22(2)14-20(17)23(19)11-7-16-4-3-9-21-13-16/h3-6,9,12-13H,8,10,14H2,1-2H3. The number of hydrogen-bond donors (Lipinski definition) is 0. The SMILES string of the molecule is Cc1ccc2c(c1)c1c(n2C#Cc2cccnc2)CN(C)CC1. The van der Waals surface area contributed by atoms with Crippen LogP contribution in [0.5, 0.6) is 0 Å². The topological polar surface area (TPSA) is 21.1 Å². The Balaban J connectivity index is 1.92. The number of nitrogens with zero attached hydrogens (tertiary/aromatic N) is 3. The largest absolute Gasteiger partial charge is 0.300 e. The number of hydrogen-bond acceptors (Lipinski definition) is 2. The van der Waals surface area contributed by atoms with Gasteiger partial charge in [-0.05, 0) is 56.1 Å². The molecule has 2 aromatic heterocycles. The highest BCUT2D eigenvalue weighted by Crippen LogP contribution is 2.30. The minimum absolute atomic E-state index is 0.944. The third-order valence-corrected chi connectivity index (χ3v) is 4.47. The molecule has 3 heterocycles. The number of fused-ring (bicyclic) bond motifs is 3. The molecule has 23 heavy (non-hydrogen) atoms. The lowest BCUT2D eigenvalue weighted by Crippen LogP contribution is -2.27. The summed E-state index contributed by atoms with van der Waals surface area (Å²) in [5.41, 5.74) is 6.25. The van der Waals surface area contributed by atoms with Crippen molar-refractivity contribution in [2.24, 2.45) is 0 Å². The average Bonchev–Trinajstić information content (AvgIpc) is 2.86. The summed E-state index contributed by atoms with van der Waals surface area (Å²) in [6.07, 6.45) is 4.67. The van der Waals surface area contributed by atoms with Crippen molar-refractivity contribution in [3.8, 4) is 12.0 Å². The zero-order chi connectivity index (χ0) is 15.8. The van der Waals surface area contributed by atoms with E-state index in [0.29, 0.717) is 0 Å². The quantitative estimate of drug-likeness (QED) is 0.595. The van der Waals surface area contributed by atoms with E-state index in [-0.39, 0.29) is 0 Å². The first-order valence-electron chi connectivity index (χ1n) is 7.96. The van der Waals surface area contributed by atoms with Crippen LogP contribution in [0.4, 0.5) is 0 Å². The van der Waals surface area contributed by atoms with E-state index in [0.717, 1.165) is 25.1 Å². The number of likely N-dealkylation sites (N-methyl/N-ethyl adjacent to an activating group) is 1. The molecule has 4 rings (SSSR count). The van der Waals surface area contributed by atoms with Crippen LogP contribution in [0, 0.1) is 18.9 Å². The van der Waals surface area contributed by atoms with Crippen LogP contribution in [0.15, 0.2) is 42.7 Å². The van der Waals surface area contributed by atoms with Crippen molar-refractivity contribution in [3.63, 3.8) is 0 Å². The van der Waals surface area contributed by atoms with E-state index < -0.39 is 0 Å². The molecule has 0 radical (unpaired) electrons. The highest BCUT2D eigenvalue weighted by atomic mass is 15.1. The molecule has 0 saturated heterocycles. The van der Waals surface area contributed by atoms with Crippen LogP contribution in [0.2, 0.25) is 0 Å². The predicted octanol–water partition coefficient (Wildman–Crippen LogP) is 3.19. The molecule has 1 aliphatic heterocycles. The van der Waals surface area contributed by atoms with Gasteiger partial charge in [-0.25, -0.2) is 0 Å². The molecule has 0 fully saturated rings. The zero-order valence-electron chi connectivity index (χ0n) is 13.5. The highest BCUT2D eigenvalue weighted by molar-refractivity contribution is 5.87. The van der Waals surface area contributed by atoms with Crippen LogP contribution in [-0.2, 0) is 13.0 Å². The maximum Gasteiger partial charge on any atom is 0.0618 e. The monoisotopic (exact) mass is 301 g/mol. The van der Waals surface area contributed by atoms with Gasteiger partial charge >= 0.3 is 0 Å². The summed E-state index contributed by atoms with van der Waals surface area (Å²) in [4.78, 5) is 6.50. The van der Waals surface area contributed by atoms with Crippen LogP contribution in [0.1, 0.15) is 22.4 Å². The van der Waals surface area contributed by atoms with Gasteiger partial charge in [0.05, 0.1) is 5.52 Å². The Labute approximate surface area is 136 Å². The van der Waals surface area contributed by atoms with Gasteiger partial charge < -0.3 is 4.90 Å². The molecular formula is C20H19N3. The van der Waals surface area contributed by atoms with Gasteiger partial charge in [-0.3, -0.25) is 9.55 Å². The third kappa shape index (κ3) is 2.52. The molecule has 0 saturated carbocycles. The van der Waals surface area contributed by atoms with Crippen molar-refractivity contribution in [1.82, 2.24) is 14.5 Å². The summed E-state index contributed by atoms with van der Waals surface area (Å²) >= 11 is 0. The second kappa shape index (κ2) is 5.57. The van der Waals surface area contributed by atoms with Crippen molar-refractivity contribution in [2.75, 3.05) is 13.6 Å². The molecule has 0 amide bonds. The average molecular weight is 301 g/mol. The first kappa shape index (κ1) is 14.0. The molecule has 0 N–H and O–H groups in total. The smallest absolute Gasteiger partial charge is 0.0618 e. The van der Waals surface area contributed by atoms with Crippen molar-refractivity contribution in [3.05, 3.63) is 65.1 Å². The fraction of sp³-hybridized carbons (Fsp3) is 0.250. The van der Waals surface area contributed by atoms with E-state index in [1.165, 1.54) is 27.7 Å². The van der Waals surface area contributed by atoms with Gasteiger partial charge in [-0.2, -0.15) is 0 Å². The molecule has 0 bridgehead atoms. The number of aryl methyl sites for hydroxylation is 1. The number of benzene rings is 1. The van der Waals surface area contributed by atoms with E-state index in [9.17, 15) is 0 Å². The molecule has 0 atom stereocenters. The van der Waals surface area contributed by atoms with Crippen molar-refractivity contribution >= 4 is 10.9 Å². The van der Waals surface area contributed by atoms with Gasteiger partial charge in [0.25, 0.3) is 0 Å². The lowest BCUT2D eigenvalue weighted by atomic mass is 10.0. The molecule has 3 nitrogen and oxygen atoms in total. The minimum Gasteiger partial charge on any atom is -0.300 e. The number of aromatic nitrogens is 2. The van der Waals surface area contributed by atoms with Gasteiger partial charge in [-0.15, -0.1) is 0 Å². The summed E-state index contributed by atoms with van der Waals surface area (Å²) in [6, 6.07) is 13.9. The van der Waals surface area contributed by atoms with Crippen molar-refractivity contribution in [1.29, 1.82) is 0 Å². The molecule has 0 aliphatic carbocycles. The summed E-state index contributed by atoms with van der Waals surface area (Å²) < 4.78 is 2.17. The normalized spacial score (nSPS) is 14.3. The first-order valence-corrected chi connectivity index (χ1v) is 7.96. The second-order valence-corrected chi connectivity index (χ2v) is 6.25. The Hall–Kier alpha value is -2.57. The van der Waals surface area contributed by atoms with Crippen LogP contribution >= 0.6 is 0 Å². The van der Waals surface area contributed by atoms with E-state index in [4.69, 9.17) is 0 Å².